The Morgan fingerprint density at radius 2 is 2.05 bits per heavy atom. The van der Waals surface area contributed by atoms with Gasteiger partial charge in [0.25, 0.3) is 0 Å². The van der Waals surface area contributed by atoms with Crippen molar-refractivity contribution in [3.63, 3.8) is 0 Å². The van der Waals surface area contributed by atoms with Crippen molar-refractivity contribution in [3.8, 4) is 5.75 Å². The van der Waals surface area contributed by atoms with Crippen molar-refractivity contribution in [2.75, 3.05) is 34.4 Å². The van der Waals surface area contributed by atoms with Gasteiger partial charge in [0.05, 0.1) is 20.8 Å². The average Bonchev–Trinajstić information content (AvgIpc) is 2.44. The summed E-state index contributed by atoms with van der Waals surface area (Å²) in [5, 5.41) is 0. The molecule has 0 unspecified atom stereocenters. The molecule has 0 atom stereocenters. The highest BCUT2D eigenvalue weighted by molar-refractivity contribution is 5.71. The van der Waals surface area contributed by atoms with Crippen LogP contribution in [-0.2, 0) is 22.4 Å². The van der Waals surface area contributed by atoms with Crippen LogP contribution in [0.2, 0.25) is 0 Å². The van der Waals surface area contributed by atoms with Crippen LogP contribution >= 0.6 is 0 Å². The van der Waals surface area contributed by atoms with Crippen LogP contribution in [0.15, 0.2) is 18.2 Å². The van der Waals surface area contributed by atoms with Gasteiger partial charge in [0, 0.05) is 6.54 Å². The molecule has 0 aliphatic heterocycles. The second kappa shape index (κ2) is 7.79. The van der Waals surface area contributed by atoms with Crippen molar-refractivity contribution >= 4 is 5.97 Å². The van der Waals surface area contributed by atoms with Gasteiger partial charge in [0.1, 0.15) is 5.75 Å². The first-order valence-corrected chi connectivity index (χ1v) is 6.51. The number of rotatable bonds is 7. The first-order chi connectivity index (χ1) is 9.10. The van der Waals surface area contributed by atoms with Gasteiger partial charge >= 0.3 is 5.97 Å². The lowest BCUT2D eigenvalue weighted by Gasteiger charge is -2.15. The van der Waals surface area contributed by atoms with Crippen LogP contribution in [0.3, 0.4) is 0 Å². The van der Waals surface area contributed by atoms with Gasteiger partial charge in [0.2, 0.25) is 0 Å². The fraction of sp³-hybridized carbons (Fsp3) is 0.533. The maximum atomic E-state index is 11.1. The van der Waals surface area contributed by atoms with Crippen LogP contribution in [-0.4, -0.2) is 45.2 Å². The van der Waals surface area contributed by atoms with Gasteiger partial charge in [-0.25, -0.2) is 0 Å². The molecule has 0 N–H and O–H groups in total. The van der Waals surface area contributed by atoms with Gasteiger partial charge in [0.15, 0.2) is 0 Å². The molecule has 1 rings (SSSR count). The molecular formula is C15H23NO3. The highest BCUT2D eigenvalue weighted by Crippen LogP contribution is 2.20. The minimum atomic E-state index is -0.202. The largest absolute Gasteiger partial charge is 0.496 e. The molecular weight excluding hydrogens is 242 g/mol. The molecule has 4 heteroatoms. The van der Waals surface area contributed by atoms with Gasteiger partial charge in [-0.05, 0) is 37.1 Å². The lowest BCUT2D eigenvalue weighted by Crippen LogP contribution is -2.28. The number of carbonyl (C=O) groups excluding carboxylic acids is 1. The number of methoxy groups -OCH3 is 2. The summed E-state index contributed by atoms with van der Waals surface area (Å²) in [6.07, 6.45) is 1.86. The SMILES string of the molecule is CCc1cc(CCN(C)CC(=O)OC)ccc1OC. The summed E-state index contributed by atoms with van der Waals surface area (Å²) >= 11 is 0. The number of likely N-dealkylation sites (N-methyl/N-ethyl adjacent to an activating group) is 1. The second-order valence-corrected chi connectivity index (χ2v) is 4.56. The zero-order valence-corrected chi connectivity index (χ0v) is 12.2. The molecule has 0 aromatic heterocycles. The molecule has 1 aromatic carbocycles. The third-order valence-electron chi connectivity index (χ3n) is 3.13. The number of hydrogen-bond donors (Lipinski definition) is 0. The van der Waals surface area contributed by atoms with Gasteiger partial charge in [-0.2, -0.15) is 0 Å². The quantitative estimate of drug-likeness (QED) is 0.706. The van der Waals surface area contributed by atoms with Gasteiger partial charge in [-0.1, -0.05) is 19.1 Å². The molecule has 0 fully saturated rings. The van der Waals surface area contributed by atoms with E-state index in [4.69, 9.17) is 4.74 Å². The first kappa shape index (κ1) is 15.5. The molecule has 0 bridgehead atoms. The fourth-order valence-electron chi connectivity index (χ4n) is 1.95. The predicted molar refractivity (Wildman–Crippen MR) is 75.6 cm³/mol. The normalized spacial score (nSPS) is 10.6. The monoisotopic (exact) mass is 265 g/mol. The van der Waals surface area contributed by atoms with E-state index < -0.39 is 0 Å². The highest BCUT2D eigenvalue weighted by Gasteiger charge is 2.07. The molecule has 0 radical (unpaired) electrons. The van der Waals surface area contributed by atoms with Gasteiger partial charge in [-0.3, -0.25) is 9.69 Å². The minimum absolute atomic E-state index is 0.202. The number of benzene rings is 1. The van der Waals surface area contributed by atoms with Crippen LogP contribution in [0.25, 0.3) is 0 Å². The Labute approximate surface area is 115 Å². The van der Waals surface area contributed by atoms with Crippen molar-refractivity contribution in [2.45, 2.75) is 19.8 Å². The molecule has 0 saturated heterocycles. The molecule has 0 aliphatic carbocycles. The topological polar surface area (TPSA) is 38.8 Å². The predicted octanol–water partition coefficient (Wildman–Crippen LogP) is 1.90. The van der Waals surface area contributed by atoms with Crippen LogP contribution < -0.4 is 4.74 Å². The number of esters is 1. The van der Waals surface area contributed by atoms with E-state index in [1.54, 1.807) is 7.11 Å². The zero-order valence-electron chi connectivity index (χ0n) is 12.2. The Balaban J connectivity index is 2.55. The molecule has 0 aliphatic rings. The van der Waals surface area contributed by atoms with Crippen LogP contribution in [0.1, 0.15) is 18.1 Å². The van der Waals surface area contributed by atoms with E-state index in [2.05, 4.69) is 23.8 Å². The van der Waals surface area contributed by atoms with Gasteiger partial charge in [-0.15, -0.1) is 0 Å². The average molecular weight is 265 g/mol. The maximum Gasteiger partial charge on any atom is 0.319 e. The molecule has 1 aromatic rings. The summed E-state index contributed by atoms with van der Waals surface area (Å²) < 4.78 is 9.95. The van der Waals surface area contributed by atoms with Crippen LogP contribution in [0.5, 0.6) is 5.75 Å². The number of nitrogens with zero attached hydrogens (tertiary/aromatic N) is 1. The van der Waals surface area contributed by atoms with Crippen molar-refractivity contribution < 1.29 is 14.3 Å². The second-order valence-electron chi connectivity index (χ2n) is 4.56. The third-order valence-corrected chi connectivity index (χ3v) is 3.13. The molecule has 19 heavy (non-hydrogen) atoms. The summed E-state index contributed by atoms with van der Waals surface area (Å²) in [7, 11) is 5.02. The lowest BCUT2D eigenvalue weighted by molar-refractivity contribution is -0.141. The van der Waals surface area contributed by atoms with Crippen molar-refractivity contribution in [2.24, 2.45) is 0 Å². The van der Waals surface area contributed by atoms with E-state index in [9.17, 15) is 4.79 Å². The van der Waals surface area contributed by atoms with E-state index >= 15 is 0 Å². The number of ether oxygens (including phenoxy) is 2. The van der Waals surface area contributed by atoms with Crippen molar-refractivity contribution in [3.05, 3.63) is 29.3 Å². The lowest BCUT2D eigenvalue weighted by atomic mass is 10.1. The van der Waals surface area contributed by atoms with E-state index in [0.717, 1.165) is 25.1 Å². The summed E-state index contributed by atoms with van der Waals surface area (Å²) in [6.45, 7) is 3.27. The summed E-state index contributed by atoms with van der Waals surface area (Å²) in [6, 6.07) is 6.25. The Bertz CT molecular complexity index is 418. The molecule has 0 saturated carbocycles. The van der Waals surface area contributed by atoms with E-state index in [-0.39, 0.29) is 5.97 Å². The van der Waals surface area contributed by atoms with Gasteiger partial charge < -0.3 is 9.47 Å². The van der Waals surface area contributed by atoms with E-state index in [1.807, 2.05) is 18.0 Å². The molecule has 0 heterocycles. The van der Waals surface area contributed by atoms with Crippen LogP contribution in [0, 0.1) is 0 Å². The summed E-state index contributed by atoms with van der Waals surface area (Å²) in [4.78, 5) is 13.1. The van der Waals surface area contributed by atoms with Crippen molar-refractivity contribution in [1.82, 2.24) is 4.90 Å². The summed E-state index contributed by atoms with van der Waals surface area (Å²) in [5.41, 5.74) is 2.48. The first-order valence-electron chi connectivity index (χ1n) is 6.51. The molecule has 0 spiro atoms. The molecule has 0 amide bonds. The van der Waals surface area contributed by atoms with Crippen LogP contribution in [0.4, 0.5) is 0 Å². The highest BCUT2D eigenvalue weighted by atomic mass is 16.5. The minimum Gasteiger partial charge on any atom is -0.496 e. The number of carbonyl (C=O) groups is 1. The smallest absolute Gasteiger partial charge is 0.319 e. The maximum absolute atomic E-state index is 11.1. The Morgan fingerprint density at radius 1 is 1.32 bits per heavy atom. The molecule has 106 valence electrons. The van der Waals surface area contributed by atoms with E-state index in [1.165, 1.54) is 18.2 Å². The molecule has 4 nitrogen and oxygen atoms in total. The Morgan fingerprint density at radius 3 is 2.63 bits per heavy atom. The zero-order chi connectivity index (χ0) is 14.3. The van der Waals surface area contributed by atoms with Crippen molar-refractivity contribution in [1.29, 1.82) is 0 Å². The fourth-order valence-corrected chi connectivity index (χ4v) is 1.95. The number of aryl methyl sites for hydroxylation is 1. The standard InChI is InChI=1S/C15H23NO3/c1-5-13-10-12(6-7-14(13)18-3)8-9-16(2)11-15(17)19-4/h6-7,10H,5,8-9,11H2,1-4H3. The Kier molecular flexibility index (Phi) is 6.36. The Hall–Kier alpha value is -1.55. The third kappa shape index (κ3) is 4.91. The summed E-state index contributed by atoms with van der Waals surface area (Å²) in [5.74, 6) is 0.737. The van der Waals surface area contributed by atoms with E-state index in [0.29, 0.717) is 6.54 Å². The number of hydrogen-bond acceptors (Lipinski definition) is 4.